The Morgan fingerprint density at radius 1 is 0.338 bits per heavy atom. The van der Waals surface area contributed by atoms with Crippen molar-refractivity contribution in [1.29, 1.82) is 0 Å². The van der Waals surface area contributed by atoms with Crippen LogP contribution in [-0.2, 0) is 19.1 Å². The van der Waals surface area contributed by atoms with E-state index in [0.29, 0.717) is 19.3 Å². The van der Waals surface area contributed by atoms with Gasteiger partial charge in [-0.1, -0.05) is 257 Å². The molecule has 0 spiro atoms. The van der Waals surface area contributed by atoms with Crippen LogP contribution in [0.2, 0.25) is 0 Å². The van der Waals surface area contributed by atoms with Gasteiger partial charge in [-0.25, -0.2) is 0 Å². The Morgan fingerprint density at radius 3 is 0.926 bits per heavy atom. The number of rotatable bonds is 50. The standard InChI is InChI=1S/C63H104O5/c1-3-5-7-9-11-13-15-17-19-21-22-23-24-25-26-27-28-29-30-31-32-33-34-35-36-37-38-39-40-42-44-46-48-50-52-54-56-58-63(66)68-61(59-64)60-67-62(65)57-55-53-51-49-47-45-43-41-20-18-16-14-12-10-8-6-4-2/h5-8,11-14,17-20,22-23,25-26,43,45,49,51,61,64H,3-4,9-10,15-16,21,24,27-42,44,46-48,50,52-60H2,1-2H3/b7-5-,8-6-,13-11-,14-12-,19-17-,20-18-,23-22-,26-25-,45-43-,51-49-. The Hall–Kier alpha value is -3.70. The molecule has 0 aromatic rings. The topological polar surface area (TPSA) is 72.8 Å². The predicted molar refractivity (Wildman–Crippen MR) is 297 cm³/mol. The third-order valence-corrected chi connectivity index (χ3v) is 11.8. The number of unbranched alkanes of at least 4 members (excludes halogenated alkanes) is 22. The molecule has 0 amide bonds. The number of hydrogen-bond donors (Lipinski definition) is 1. The summed E-state index contributed by atoms with van der Waals surface area (Å²) in [7, 11) is 0. The van der Waals surface area contributed by atoms with Crippen molar-refractivity contribution in [2.75, 3.05) is 13.2 Å². The molecule has 68 heavy (non-hydrogen) atoms. The summed E-state index contributed by atoms with van der Waals surface area (Å²) in [6.45, 7) is 3.87. The summed E-state index contributed by atoms with van der Waals surface area (Å²) >= 11 is 0. The summed E-state index contributed by atoms with van der Waals surface area (Å²) in [5, 5.41) is 9.63. The zero-order valence-corrected chi connectivity index (χ0v) is 44.1. The van der Waals surface area contributed by atoms with Crippen LogP contribution in [-0.4, -0.2) is 36.4 Å². The third kappa shape index (κ3) is 54.9. The van der Waals surface area contributed by atoms with Crippen LogP contribution in [0.5, 0.6) is 0 Å². The van der Waals surface area contributed by atoms with E-state index in [1.54, 1.807) is 0 Å². The molecule has 0 aliphatic carbocycles. The molecule has 5 nitrogen and oxygen atoms in total. The van der Waals surface area contributed by atoms with Crippen LogP contribution in [0.3, 0.4) is 0 Å². The summed E-state index contributed by atoms with van der Waals surface area (Å²) in [5.41, 5.74) is 0. The van der Waals surface area contributed by atoms with Crippen LogP contribution in [0.15, 0.2) is 122 Å². The van der Waals surface area contributed by atoms with Crippen molar-refractivity contribution in [3.8, 4) is 0 Å². The maximum Gasteiger partial charge on any atom is 0.306 e. The first-order valence-electron chi connectivity index (χ1n) is 28.1. The summed E-state index contributed by atoms with van der Waals surface area (Å²) in [4.78, 5) is 24.4. The summed E-state index contributed by atoms with van der Waals surface area (Å²) < 4.78 is 10.6. The molecule has 0 aliphatic rings. The van der Waals surface area contributed by atoms with E-state index in [4.69, 9.17) is 9.47 Å². The first kappa shape index (κ1) is 64.3. The summed E-state index contributed by atoms with van der Waals surface area (Å²) in [5.74, 6) is -0.659. The lowest BCUT2D eigenvalue weighted by molar-refractivity contribution is -0.161. The molecule has 1 unspecified atom stereocenters. The Labute approximate surface area is 420 Å². The molecule has 1 N–H and O–H groups in total. The van der Waals surface area contributed by atoms with Crippen molar-refractivity contribution >= 4 is 11.9 Å². The van der Waals surface area contributed by atoms with E-state index >= 15 is 0 Å². The fourth-order valence-corrected chi connectivity index (χ4v) is 7.62. The second kappa shape index (κ2) is 57.6. The number of esters is 2. The van der Waals surface area contributed by atoms with Crippen LogP contribution in [0.4, 0.5) is 0 Å². The molecule has 0 heterocycles. The lowest BCUT2D eigenvalue weighted by Gasteiger charge is -2.15. The summed E-state index contributed by atoms with van der Waals surface area (Å²) in [6, 6.07) is 0. The van der Waals surface area contributed by atoms with Crippen molar-refractivity contribution in [2.24, 2.45) is 0 Å². The van der Waals surface area contributed by atoms with Gasteiger partial charge in [-0.05, 0) is 96.3 Å². The van der Waals surface area contributed by atoms with Gasteiger partial charge in [0.2, 0.25) is 0 Å². The Bertz CT molecular complexity index is 1390. The smallest absolute Gasteiger partial charge is 0.306 e. The normalized spacial score (nSPS) is 13.2. The van der Waals surface area contributed by atoms with Gasteiger partial charge in [-0.3, -0.25) is 9.59 Å². The molecule has 0 rings (SSSR count). The molecule has 0 fully saturated rings. The molecule has 386 valence electrons. The second-order valence-electron chi connectivity index (χ2n) is 18.2. The Balaban J connectivity index is 3.50. The Morgan fingerprint density at radius 2 is 0.603 bits per heavy atom. The van der Waals surface area contributed by atoms with Gasteiger partial charge < -0.3 is 14.6 Å². The number of aliphatic hydroxyl groups excluding tert-OH is 1. The second-order valence-corrected chi connectivity index (χ2v) is 18.2. The lowest BCUT2D eigenvalue weighted by atomic mass is 10.0. The molecule has 0 aromatic carbocycles. The van der Waals surface area contributed by atoms with Gasteiger partial charge in [0, 0.05) is 12.8 Å². The minimum absolute atomic E-state index is 0.0992. The Kier molecular flexibility index (Phi) is 54.5. The maximum atomic E-state index is 12.3. The van der Waals surface area contributed by atoms with E-state index in [-0.39, 0.29) is 25.2 Å². The first-order valence-corrected chi connectivity index (χ1v) is 28.1. The van der Waals surface area contributed by atoms with Gasteiger partial charge in [0.05, 0.1) is 6.61 Å². The lowest BCUT2D eigenvalue weighted by Crippen LogP contribution is -2.28. The fraction of sp³-hybridized carbons (Fsp3) is 0.651. The zero-order valence-electron chi connectivity index (χ0n) is 44.1. The van der Waals surface area contributed by atoms with Crippen molar-refractivity contribution < 1.29 is 24.2 Å². The van der Waals surface area contributed by atoms with E-state index in [0.717, 1.165) is 89.9 Å². The highest BCUT2D eigenvalue weighted by Crippen LogP contribution is 2.16. The number of allylic oxidation sites excluding steroid dienone is 20. The highest BCUT2D eigenvalue weighted by Gasteiger charge is 2.16. The first-order chi connectivity index (χ1) is 33.6. The molecule has 0 aromatic heterocycles. The van der Waals surface area contributed by atoms with E-state index in [2.05, 4.69) is 135 Å². The average Bonchev–Trinajstić information content (AvgIpc) is 3.34. The largest absolute Gasteiger partial charge is 0.462 e. The maximum absolute atomic E-state index is 12.3. The molecule has 0 radical (unpaired) electrons. The van der Waals surface area contributed by atoms with Crippen LogP contribution < -0.4 is 0 Å². The van der Waals surface area contributed by atoms with Crippen molar-refractivity contribution in [3.05, 3.63) is 122 Å². The third-order valence-electron chi connectivity index (χ3n) is 11.8. The van der Waals surface area contributed by atoms with Crippen LogP contribution in [0, 0.1) is 0 Å². The molecule has 0 saturated carbocycles. The molecular formula is C63H104O5. The molecule has 0 bridgehead atoms. The molecule has 5 heteroatoms. The van der Waals surface area contributed by atoms with Crippen LogP contribution in [0.25, 0.3) is 0 Å². The van der Waals surface area contributed by atoms with Gasteiger partial charge in [0.1, 0.15) is 6.61 Å². The van der Waals surface area contributed by atoms with Gasteiger partial charge >= 0.3 is 11.9 Å². The minimum atomic E-state index is -0.801. The number of ether oxygens (including phenoxy) is 2. The van der Waals surface area contributed by atoms with E-state index in [1.807, 2.05) is 0 Å². The SMILES string of the molecule is CC/C=C\C/C=C\C/C=C\C/C=C\C/C=C\CCCCCCCCCCCCCCCCCCCCCCCC(=O)OC(CO)COC(=O)CCC/C=C\C/C=C\C/C=C\C/C=C\C/C=C\CC. The number of hydrogen-bond acceptors (Lipinski definition) is 5. The van der Waals surface area contributed by atoms with E-state index in [1.165, 1.54) is 122 Å². The molecule has 1 atom stereocenters. The number of aliphatic hydroxyl groups is 1. The van der Waals surface area contributed by atoms with Gasteiger partial charge in [0.25, 0.3) is 0 Å². The van der Waals surface area contributed by atoms with Crippen LogP contribution >= 0.6 is 0 Å². The van der Waals surface area contributed by atoms with Gasteiger partial charge in [-0.15, -0.1) is 0 Å². The fourth-order valence-electron chi connectivity index (χ4n) is 7.62. The van der Waals surface area contributed by atoms with Crippen molar-refractivity contribution in [1.82, 2.24) is 0 Å². The van der Waals surface area contributed by atoms with E-state index in [9.17, 15) is 14.7 Å². The van der Waals surface area contributed by atoms with Crippen molar-refractivity contribution in [3.63, 3.8) is 0 Å². The number of carbonyl (C=O) groups excluding carboxylic acids is 2. The zero-order chi connectivity index (χ0) is 49.2. The molecule has 0 aliphatic heterocycles. The molecule has 0 saturated heterocycles. The van der Waals surface area contributed by atoms with Gasteiger partial charge in [0.15, 0.2) is 6.10 Å². The minimum Gasteiger partial charge on any atom is -0.462 e. The highest BCUT2D eigenvalue weighted by atomic mass is 16.6. The van der Waals surface area contributed by atoms with E-state index < -0.39 is 6.10 Å². The average molecular weight is 942 g/mol. The number of carbonyl (C=O) groups is 2. The predicted octanol–water partition coefficient (Wildman–Crippen LogP) is 19.1. The summed E-state index contributed by atoms with van der Waals surface area (Å²) in [6.07, 6.45) is 84.8. The quantitative estimate of drug-likeness (QED) is 0.0374. The monoisotopic (exact) mass is 941 g/mol. The van der Waals surface area contributed by atoms with Crippen molar-refractivity contribution in [2.45, 2.75) is 251 Å². The molecular weight excluding hydrogens is 837 g/mol. The van der Waals surface area contributed by atoms with Gasteiger partial charge in [-0.2, -0.15) is 0 Å². The van der Waals surface area contributed by atoms with Crippen LogP contribution in [0.1, 0.15) is 245 Å². The highest BCUT2D eigenvalue weighted by molar-refractivity contribution is 5.70.